The van der Waals surface area contributed by atoms with Gasteiger partial charge < -0.3 is 10.2 Å². The molecule has 0 aromatic carbocycles. The van der Waals surface area contributed by atoms with Crippen molar-refractivity contribution in [3.63, 3.8) is 0 Å². The molecule has 3 heteroatoms. The molecule has 1 N–H and O–H groups in total. The molecule has 0 saturated carbocycles. The van der Waals surface area contributed by atoms with E-state index >= 15 is 0 Å². The van der Waals surface area contributed by atoms with Gasteiger partial charge in [-0.15, -0.1) is 0 Å². The third kappa shape index (κ3) is 2.72. The monoisotopic (exact) mass is 174 g/mol. The first-order valence-corrected chi connectivity index (χ1v) is 4.49. The van der Waals surface area contributed by atoms with E-state index in [0.717, 1.165) is 6.54 Å². The van der Waals surface area contributed by atoms with Gasteiger partial charge in [0.15, 0.2) is 0 Å². The third-order valence-corrected chi connectivity index (χ3v) is 2.05. The first-order valence-electron chi connectivity index (χ1n) is 4.49. The van der Waals surface area contributed by atoms with Crippen molar-refractivity contribution in [3.05, 3.63) is 0 Å². The molecule has 1 rings (SSSR count). The van der Waals surface area contributed by atoms with E-state index in [2.05, 4.69) is 26.1 Å². The molecule has 1 fully saturated rings. The Morgan fingerprint density at radius 1 is 1.33 bits per heavy atom. The van der Waals surface area contributed by atoms with Crippen LogP contribution in [0.15, 0.2) is 0 Å². The summed E-state index contributed by atoms with van der Waals surface area (Å²) in [4.78, 5) is 2.02. The largest absolute Gasteiger partial charge is 0.305 e. The van der Waals surface area contributed by atoms with Crippen LogP contribution in [0.5, 0.6) is 0 Å². The molecular formula is C9H19FN2. The molecule has 0 amide bonds. The minimum absolute atomic E-state index is 0.00926. The Balaban J connectivity index is 2.43. The summed E-state index contributed by atoms with van der Waals surface area (Å²) in [5, 5.41) is 3.28. The fourth-order valence-electron chi connectivity index (χ4n) is 1.64. The maximum Gasteiger partial charge on any atom is 0.129 e. The molecule has 2 unspecified atom stereocenters. The molecule has 0 aromatic heterocycles. The van der Waals surface area contributed by atoms with Crippen molar-refractivity contribution < 1.29 is 4.39 Å². The zero-order valence-corrected chi connectivity index (χ0v) is 8.39. The van der Waals surface area contributed by atoms with E-state index < -0.39 is 6.17 Å². The van der Waals surface area contributed by atoms with Gasteiger partial charge in [0.05, 0.1) is 6.04 Å². The number of hydrogen-bond acceptors (Lipinski definition) is 2. The molecule has 1 aliphatic rings. The first-order chi connectivity index (χ1) is 5.38. The van der Waals surface area contributed by atoms with Crippen molar-refractivity contribution in [2.75, 3.05) is 20.1 Å². The van der Waals surface area contributed by atoms with Crippen molar-refractivity contribution in [1.82, 2.24) is 10.2 Å². The summed E-state index contributed by atoms with van der Waals surface area (Å²) in [7, 11) is 1.96. The zero-order chi connectivity index (χ0) is 9.35. The Labute approximate surface area is 74.1 Å². The fraction of sp³-hybridized carbons (Fsp3) is 1.00. The molecule has 1 heterocycles. The van der Waals surface area contributed by atoms with Crippen molar-refractivity contribution in [3.8, 4) is 0 Å². The summed E-state index contributed by atoms with van der Waals surface area (Å²) < 4.78 is 13.3. The molecule has 0 bridgehead atoms. The number of rotatable bonds is 1. The van der Waals surface area contributed by atoms with Gasteiger partial charge in [-0.2, -0.15) is 0 Å². The van der Waals surface area contributed by atoms with E-state index in [4.69, 9.17) is 0 Å². The molecule has 12 heavy (non-hydrogen) atoms. The average molecular weight is 174 g/mol. The van der Waals surface area contributed by atoms with Crippen LogP contribution in [0.3, 0.4) is 0 Å². The van der Waals surface area contributed by atoms with Crippen LogP contribution in [0.2, 0.25) is 0 Å². The lowest BCUT2D eigenvalue weighted by Crippen LogP contribution is -2.48. The van der Waals surface area contributed by atoms with Crippen LogP contribution in [-0.2, 0) is 0 Å². The van der Waals surface area contributed by atoms with Gasteiger partial charge >= 0.3 is 0 Å². The van der Waals surface area contributed by atoms with Gasteiger partial charge in [0.2, 0.25) is 0 Å². The molecule has 0 aliphatic carbocycles. The quantitative estimate of drug-likeness (QED) is 0.638. The highest BCUT2D eigenvalue weighted by Gasteiger charge is 2.32. The van der Waals surface area contributed by atoms with Crippen LogP contribution >= 0.6 is 0 Å². The van der Waals surface area contributed by atoms with Gasteiger partial charge in [-0.05, 0) is 27.8 Å². The van der Waals surface area contributed by atoms with Gasteiger partial charge in [0.25, 0.3) is 0 Å². The van der Waals surface area contributed by atoms with E-state index in [1.54, 1.807) is 0 Å². The number of nitrogens with zero attached hydrogens (tertiary/aromatic N) is 1. The van der Waals surface area contributed by atoms with Crippen molar-refractivity contribution >= 4 is 0 Å². The zero-order valence-electron chi connectivity index (χ0n) is 8.39. The molecule has 1 aliphatic heterocycles. The lowest BCUT2D eigenvalue weighted by molar-refractivity contribution is 0.256. The number of likely N-dealkylation sites (tertiary alicyclic amines) is 1. The van der Waals surface area contributed by atoms with E-state index in [0.29, 0.717) is 6.54 Å². The van der Waals surface area contributed by atoms with Gasteiger partial charge in [0, 0.05) is 18.6 Å². The van der Waals surface area contributed by atoms with Crippen molar-refractivity contribution in [2.45, 2.75) is 38.5 Å². The second-order valence-electron chi connectivity index (χ2n) is 4.74. The second kappa shape index (κ2) is 3.30. The molecule has 0 radical (unpaired) electrons. The lowest BCUT2D eigenvalue weighted by atomic mass is 10.1. The number of alkyl halides is 1. The van der Waals surface area contributed by atoms with E-state index in [1.165, 1.54) is 0 Å². The highest BCUT2D eigenvalue weighted by molar-refractivity contribution is 4.91. The fourth-order valence-corrected chi connectivity index (χ4v) is 1.64. The Hall–Kier alpha value is -0.150. The van der Waals surface area contributed by atoms with E-state index in [9.17, 15) is 4.39 Å². The Morgan fingerprint density at radius 3 is 2.25 bits per heavy atom. The van der Waals surface area contributed by atoms with E-state index in [1.807, 2.05) is 11.9 Å². The molecule has 72 valence electrons. The van der Waals surface area contributed by atoms with E-state index in [-0.39, 0.29) is 11.6 Å². The summed E-state index contributed by atoms with van der Waals surface area (Å²) >= 11 is 0. The van der Waals surface area contributed by atoms with Crippen LogP contribution in [0, 0.1) is 0 Å². The summed E-state index contributed by atoms with van der Waals surface area (Å²) in [6, 6.07) is 0.00926. The van der Waals surface area contributed by atoms with Gasteiger partial charge in [-0.1, -0.05) is 0 Å². The predicted octanol–water partition coefficient (Wildman–Crippen LogP) is 1.03. The maximum absolute atomic E-state index is 13.3. The standard InChI is InChI=1S/C9H19FN2/c1-9(2,3)11-8-6-12(4)5-7(8)10/h7-8,11H,5-6H2,1-4H3. The van der Waals surface area contributed by atoms with Crippen LogP contribution in [0.4, 0.5) is 4.39 Å². The summed E-state index contributed by atoms with van der Waals surface area (Å²) in [5.41, 5.74) is 0.0141. The maximum atomic E-state index is 13.3. The van der Waals surface area contributed by atoms with Crippen molar-refractivity contribution in [1.29, 1.82) is 0 Å². The lowest BCUT2D eigenvalue weighted by Gasteiger charge is -2.26. The van der Waals surface area contributed by atoms with Crippen LogP contribution in [-0.4, -0.2) is 42.8 Å². The highest BCUT2D eigenvalue weighted by atomic mass is 19.1. The van der Waals surface area contributed by atoms with Crippen molar-refractivity contribution in [2.24, 2.45) is 0 Å². The first kappa shape index (κ1) is 9.93. The van der Waals surface area contributed by atoms with Gasteiger partial charge in [-0.25, -0.2) is 4.39 Å². The molecule has 1 saturated heterocycles. The number of likely N-dealkylation sites (N-methyl/N-ethyl adjacent to an activating group) is 1. The number of hydrogen-bond donors (Lipinski definition) is 1. The Morgan fingerprint density at radius 2 is 1.92 bits per heavy atom. The molecule has 2 atom stereocenters. The second-order valence-corrected chi connectivity index (χ2v) is 4.74. The molecule has 0 aromatic rings. The van der Waals surface area contributed by atoms with Crippen LogP contribution in [0.1, 0.15) is 20.8 Å². The van der Waals surface area contributed by atoms with Gasteiger partial charge in [0.1, 0.15) is 6.17 Å². The molecule has 2 nitrogen and oxygen atoms in total. The third-order valence-electron chi connectivity index (χ3n) is 2.05. The van der Waals surface area contributed by atoms with Crippen LogP contribution in [0.25, 0.3) is 0 Å². The topological polar surface area (TPSA) is 15.3 Å². The molecule has 0 spiro atoms. The number of nitrogens with one attached hydrogen (secondary N) is 1. The minimum Gasteiger partial charge on any atom is -0.305 e. The van der Waals surface area contributed by atoms with Crippen LogP contribution < -0.4 is 5.32 Å². The molecular weight excluding hydrogens is 155 g/mol. The normalized spacial score (nSPS) is 32.8. The average Bonchev–Trinajstić information content (AvgIpc) is 2.06. The van der Waals surface area contributed by atoms with Gasteiger partial charge in [-0.3, -0.25) is 0 Å². The Kier molecular flexibility index (Phi) is 2.74. The highest BCUT2D eigenvalue weighted by Crippen LogP contribution is 2.14. The summed E-state index contributed by atoms with van der Waals surface area (Å²) in [6.07, 6.45) is -0.714. The smallest absolute Gasteiger partial charge is 0.129 e. The number of halogens is 1. The SMILES string of the molecule is CN1CC(F)C(NC(C)(C)C)C1. The summed E-state index contributed by atoms with van der Waals surface area (Å²) in [6.45, 7) is 7.58. The predicted molar refractivity (Wildman–Crippen MR) is 49.1 cm³/mol. The minimum atomic E-state index is -0.714. The Bertz CT molecular complexity index is 153. The summed E-state index contributed by atoms with van der Waals surface area (Å²) in [5.74, 6) is 0.